The Kier molecular flexibility index (Phi) is 8.29. The summed E-state index contributed by atoms with van der Waals surface area (Å²) in [6, 6.07) is 10.5. The van der Waals surface area contributed by atoms with Crippen molar-refractivity contribution in [3.8, 4) is 0 Å². The summed E-state index contributed by atoms with van der Waals surface area (Å²) in [5, 5.41) is 6.07. The molecule has 4 nitrogen and oxygen atoms in total. The summed E-state index contributed by atoms with van der Waals surface area (Å²) >= 11 is 0. The maximum absolute atomic E-state index is 12.8. The van der Waals surface area contributed by atoms with Gasteiger partial charge in [0.1, 0.15) is 6.04 Å². The molecule has 0 radical (unpaired) electrons. The lowest BCUT2D eigenvalue weighted by molar-refractivity contribution is -0.127. The van der Waals surface area contributed by atoms with Crippen LogP contribution >= 0.6 is 0 Å². The summed E-state index contributed by atoms with van der Waals surface area (Å²) in [6.07, 6.45) is 9.69. The summed E-state index contributed by atoms with van der Waals surface area (Å²) in [5.74, 6) is -0.259. The minimum Gasteiger partial charge on any atom is -0.352 e. The van der Waals surface area contributed by atoms with Crippen molar-refractivity contribution in [2.45, 2.75) is 76.3 Å². The Morgan fingerprint density at radius 3 is 2.41 bits per heavy atom. The fourth-order valence-corrected chi connectivity index (χ4v) is 4.17. The molecule has 0 spiro atoms. The Labute approximate surface area is 164 Å². The van der Waals surface area contributed by atoms with Crippen molar-refractivity contribution >= 4 is 19.9 Å². The molecule has 0 bridgehead atoms. The van der Waals surface area contributed by atoms with Gasteiger partial charge >= 0.3 is 0 Å². The van der Waals surface area contributed by atoms with Gasteiger partial charge in [-0.2, -0.15) is 0 Å². The molecule has 2 amide bonds. The van der Waals surface area contributed by atoms with Crippen molar-refractivity contribution in [2.75, 3.05) is 0 Å². The minimum atomic E-state index is -1.22. The highest BCUT2D eigenvalue weighted by molar-refractivity contribution is 6.76. The highest BCUT2D eigenvalue weighted by Gasteiger charge is 2.24. The van der Waals surface area contributed by atoms with Crippen LogP contribution < -0.4 is 10.6 Å². The van der Waals surface area contributed by atoms with E-state index in [0.29, 0.717) is 6.42 Å². The van der Waals surface area contributed by atoms with E-state index in [1.807, 2.05) is 36.4 Å². The van der Waals surface area contributed by atoms with Crippen LogP contribution in [0.5, 0.6) is 0 Å². The standard InChI is InChI=1S/C22H34N2O2Si/c1-27(2,3)16-10-15-21(25)24-20(17-18-11-6-4-7-12-18)22(26)23-19-13-8-5-9-14-19/h4,6-7,10-12,15,19-20H,5,8-9,13-14,16-17H2,1-3H3,(H,23,26)(H,24,25)/b15-10+/t20-/m0/s1. The summed E-state index contributed by atoms with van der Waals surface area (Å²) in [6.45, 7) is 6.81. The van der Waals surface area contributed by atoms with Gasteiger partial charge in [-0.25, -0.2) is 0 Å². The van der Waals surface area contributed by atoms with Crippen molar-refractivity contribution in [1.82, 2.24) is 10.6 Å². The Balaban J connectivity index is 1.99. The van der Waals surface area contributed by atoms with E-state index in [1.165, 1.54) is 19.3 Å². The number of carbonyl (C=O) groups excluding carboxylic acids is 2. The molecule has 1 atom stereocenters. The molecule has 27 heavy (non-hydrogen) atoms. The molecule has 1 aromatic rings. The fourth-order valence-electron chi connectivity index (χ4n) is 3.35. The van der Waals surface area contributed by atoms with Crippen LogP contribution in [0.25, 0.3) is 0 Å². The van der Waals surface area contributed by atoms with Crippen LogP contribution in [-0.2, 0) is 16.0 Å². The average Bonchev–Trinajstić information content (AvgIpc) is 2.62. The Morgan fingerprint density at radius 1 is 1.11 bits per heavy atom. The van der Waals surface area contributed by atoms with Gasteiger partial charge in [-0.1, -0.05) is 75.3 Å². The van der Waals surface area contributed by atoms with Crippen LogP contribution in [0.2, 0.25) is 25.7 Å². The predicted octanol–water partition coefficient (Wildman–Crippen LogP) is 4.06. The molecule has 0 heterocycles. The van der Waals surface area contributed by atoms with Gasteiger partial charge in [0.25, 0.3) is 0 Å². The molecule has 1 aliphatic rings. The maximum Gasteiger partial charge on any atom is 0.244 e. The van der Waals surface area contributed by atoms with Crippen LogP contribution in [-0.4, -0.2) is 32.0 Å². The molecular formula is C22H34N2O2Si. The molecular weight excluding hydrogens is 352 g/mol. The lowest BCUT2D eigenvalue weighted by Crippen LogP contribution is -2.50. The summed E-state index contributed by atoms with van der Waals surface area (Å²) in [4.78, 5) is 25.2. The van der Waals surface area contributed by atoms with Gasteiger partial charge in [-0.3, -0.25) is 9.59 Å². The number of amides is 2. The zero-order valence-electron chi connectivity index (χ0n) is 17.0. The van der Waals surface area contributed by atoms with Crippen molar-refractivity contribution in [2.24, 2.45) is 0 Å². The van der Waals surface area contributed by atoms with Crippen molar-refractivity contribution in [3.63, 3.8) is 0 Å². The van der Waals surface area contributed by atoms with Crippen LogP contribution in [0, 0.1) is 0 Å². The van der Waals surface area contributed by atoms with Gasteiger partial charge < -0.3 is 10.6 Å². The van der Waals surface area contributed by atoms with Gasteiger partial charge in [0.2, 0.25) is 11.8 Å². The number of hydrogen-bond acceptors (Lipinski definition) is 2. The first-order valence-electron chi connectivity index (χ1n) is 10.1. The first-order valence-corrected chi connectivity index (χ1v) is 13.9. The lowest BCUT2D eigenvalue weighted by atomic mass is 9.95. The molecule has 0 unspecified atom stereocenters. The minimum absolute atomic E-state index is 0.0716. The average molecular weight is 387 g/mol. The predicted molar refractivity (Wildman–Crippen MR) is 114 cm³/mol. The second-order valence-electron chi connectivity index (χ2n) is 8.76. The maximum atomic E-state index is 12.8. The zero-order chi connectivity index (χ0) is 19.7. The molecule has 148 valence electrons. The first kappa shape index (κ1) is 21.4. The Bertz CT molecular complexity index is 631. The number of benzene rings is 1. The topological polar surface area (TPSA) is 58.2 Å². The first-order chi connectivity index (χ1) is 12.8. The van der Waals surface area contributed by atoms with E-state index >= 15 is 0 Å². The van der Waals surface area contributed by atoms with Crippen LogP contribution in [0.4, 0.5) is 0 Å². The molecule has 1 aromatic carbocycles. The van der Waals surface area contributed by atoms with E-state index in [0.717, 1.165) is 24.4 Å². The molecule has 2 N–H and O–H groups in total. The van der Waals surface area contributed by atoms with Gasteiger partial charge in [0.05, 0.1) is 0 Å². The van der Waals surface area contributed by atoms with Gasteiger partial charge in [0.15, 0.2) is 0 Å². The normalized spacial score (nSPS) is 16.9. The van der Waals surface area contributed by atoms with Crippen LogP contribution in [0.15, 0.2) is 42.5 Å². The molecule has 0 saturated heterocycles. The fraction of sp³-hybridized carbons (Fsp3) is 0.545. The number of rotatable bonds is 8. The summed E-state index contributed by atoms with van der Waals surface area (Å²) in [5.41, 5.74) is 1.05. The molecule has 0 aliphatic heterocycles. The van der Waals surface area contributed by atoms with Gasteiger partial charge in [-0.05, 0) is 30.5 Å². The number of nitrogens with one attached hydrogen (secondary N) is 2. The Morgan fingerprint density at radius 2 is 1.78 bits per heavy atom. The molecule has 2 rings (SSSR count). The summed E-state index contributed by atoms with van der Waals surface area (Å²) < 4.78 is 0. The molecule has 0 aromatic heterocycles. The number of allylic oxidation sites excluding steroid dienone is 1. The molecule has 5 heteroatoms. The highest BCUT2D eigenvalue weighted by atomic mass is 28.3. The van der Waals surface area contributed by atoms with E-state index < -0.39 is 14.1 Å². The monoisotopic (exact) mass is 386 g/mol. The van der Waals surface area contributed by atoms with E-state index in [4.69, 9.17) is 0 Å². The van der Waals surface area contributed by atoms with Gasteiger partial charge in [-0.15, -0.1) is 0 Å². The molecule has 1 fully saturated rings. The van der Waals surface area contributed by atoms with E-state index in [2.05, 4.69) is 30.3 Å². The van der Waals surface area contributed by atoms with E-state index in [1.54, 1.807) is 6.08 Å². The summed E-state index contributed by atoms with van der Waals surface area (Å²) in [7, 11) is -1.22. The van der Waals surface area contributed by atoms with E-state index in [9.17, 15) is 9.59 Å². The lowest BCUT2D eigenvalue weighted by Gasteiger charge is -2.26. The van der Waals surface area contributed by atoms with Crippen LogP contribution in [0.3, 0.4) is 0 Å². The Hall–Kier alpha value is -1.88. The van der Waals surface area contributed by atoms with Crippen molar-refractivity contribution in [1.29, 1.82) is 0 Å². The number of hydrogen-bond donors (Lipinski definition) is 2. The van der Waals surface area contributed by atoms with Gasteiger partial charge in [0, 0.05) is 20.5 Å². The van der Waals surface area contributed by atoms with Crippen molar-refractivity contribution < 1.29 is 9.59 Å². The molecule has 1 aliphatic carbocycles. The molecule has 1 saturated carbocycles. The van der Waals surface area contributed by atoms with E-state index in [-0.39, 0.29) is 17.9 Å². The third-order valence-electron chi connectivity index (χ3n) is 4.87. The van der Waals surface area contributed by atoms with Crippen molar-refractivity contribution in [3.05, 3.63) is 48.0 Å². The second kappa shape index (κ2) is 10.5. The smallest absolute Gasteiger partial charge is 0.244 e. The third kappa shape index (κ3) is 8.56. The zero-order valence-corrected chi connectivity index (χ0v) is 18.0. The SMILES string of the molecule is C[Si](C)(C)C/C=C/C(=O)N[C@@H](Cc1ccccc1)C(=O)NC1CCCCC1. The number of carbonyl (C=O) groups is 2. The van der Waals surface area contributed by atoms with Crippen LogP contribution in [0.1, 0.15) is 37.7 Å². The second-order valence-corrected chi connectivity index (χ2v) is 14.3. The quantitative estimate of drug-likeness (QED) is 0.523. The highest BCUT2D eigenvalue weighted by Crippen LogP contribution is 2.17. The third-order valence-corrected chi connectivity index (χ3v) is 6.33. The largest absolute Gasteiger partial charge is 0.352 e.